The average molecular weight is 439 g/mol. The predicted octanol–water partition coefficient (Wildman–Crippen LogP) is 4.22. The summed E-state index contributed by atoms with van der Waals surface area (Å²) in [6.45, 7) is 6.25. The molecule has 3 aromatic rings. The molecule has 6 nitrogen and oxygen atoms in total. The highest BCUT2D eigenvalue weighted by molar-refractivity contribution is 7.92. The second-order valence-corrected chi connectivity index (χ2v) is 8.98. The number of hydrogen-bond donors (Lipinski definition) is 2. The summed E-state index contributed by atoms with van der Waals surface area (Å²) in [4.78, 5) is 12.6. The molecule has 162 valence electrons. The summed E-state index contributed by atoms with van der Waals surface area (Å²) in [5.74, 6) is 0.422. The van der Waals surface area contributed by atoms with Gasteiger partial charge in [0.15, 0.2) is 0 Å². The highest BCUT2D eigenvalue weighted by atomic mass is 32.2. The van der Waals surface area contributed by atoms with E-state index < -0.39 is 10.0 Å². The number of anilines is 1. The van der Waals surface area contributed by atoms with E-state index >= 15 is 0 Å². The minimum absolute atomic E-state index is 0.0654. The number of ether oxygens (including phenoxy) is 1. The molecule has 0 aliphatic rings. The number of carbonyl (C=O) groups is 1. The van der Waals surface area contributed by atoms with Crippen molar-refractivity contribution in [2.45, 2.75) is 25.7 Å². The average Bonchev–Trinajstić information content (AvgIpc) is 2.74. The maximum absolute atomic E-state index is 12.8. The summed E-state index contributed by atoms with van der Waals surface area (Å²) in [7, 11) is -3.82. The molecule has 0 aliphatic carbocycles. The second-order valence-electron chi connectivity index (χ2n) is 7.33. The van der Waals surface area contributed by atoms with Gasteiger partial charge >= 0.3 is 0 Å². The molecule has 0 fully saturated rings. The van der Waals surface area contributed by atoms with Crippen molar-refractivity contribution in [2.24, 2.45) is 0 Å². The Hall–Kier alpha value is -3.32. The zero-order valence-corrected chi connectivity index (χ0v) is 18.6. The first-order chi connectivity index (χ1) is 14.8. The van der Waals surface area contributed by atoms with Crippen molar-refractivity contribution >= 4 is 21.6 Å². The molecule has 0 heterocycles. The number of amides is 1. The van der Waals surface area contributed by atoms with Gasteiger partial charge in [-0.25, -0.2) is 8.42 Å². The first-order valence-corrected chi connectivity index (χ1v) is 11.4. The molecule has 3 aromatic carbocycles. The number of carbonyl (C=O) groups excluding carboxylic acids is 1. The molecule has 31 heavy (non-hydrogen) atoms. The minimum Gasteiger partial charge on any atom is -0.491 e. The van der Waals surface area contributed by atoms with Gasteiger partial charge in [0, 0.05) is 11.3 Å². The summed E-state index contributed by atoms with van der Waals surface area (Å²) >= 11 is 0. The number of nitrogens with one attached hydrogen (secondary N) is 2. The Bertz CT molecular complexity index is 1180. The lowest BCUT2D eigenvalue weighted by Gasteiger charge is -2.13. The Morgan fingerprint density at radius 1 is 0.903 bits per heavy atom. The topological polar surface area (TPSA) is 84.5 Å². The molecular formula is C24H26N2O4S. The normalized spacial score (nSPS) is 11.1. The Morgan fingerprint density at radius 3 is 2.35 bits per heavy atom. The molecule has 0 radical (unpaired) electrons. The molecule has 0 saturated heterocycles. The van der Waals surface area contributed by atoms with E-state index in [1.165, 1.54) is 6.07 Å². The Labute approximate surface area is 183 Å². The molecule has 0 unspecified atom stereocenters. The summed E-state index contributed by atoms with van der Waals surface area (Å²) in [6, 6.07) is 19.2. The van der Waals surface area contributed by atoms with Crippen LogP contribution in [0.15, 0.2) is 71.6 Å². The molecular weight excluding hydrogens is 412 g/mol. The molecule has 7 heteroatoms. The fourth-order valence-corrected chi connectivity index (χ4v) is 4.37. The molecule has 1 amide bonds. The van der Waals surface area contributed by atoms with Gasteiger partial charge in [-0.3, -0.25) is 9.52 Å². The highest BCUT2D eigenvalue weighted by Crippen LogP contribution is 2.21. The van der Waals surface area contributed by atoms with Crippen molar-refractivity contribution in [3.8, 4) is 5.75 Å². The first-order valence-electron chi connectivity index (χ1n) is 9.93. The summed E-state index contributed by atoms with van der Waals surface area (Å²) < 4.78 is 33.9. The summed E-state index contributed by atoms with van der Waals surface area (Å²) in [6.07, 6.45) is 0. The number of hydrogen-bond acceptors (Lipinski definition) is 4. The van der Waals surface area contributed by atoms with E-state index in [-0.39, 0.29) is 16.4 Å². The Morgan fingerprint density at radius 2 is 1.61 bits per heavy atom. The van der Waals surface area contributed by atoms with Crippen LogP contribution in [-0.4, -0.2) is 27.5 Å². The molecule has 2 N–H and O–H groups in total. The van der Waals surface area contributed by atoms with Crippen molar-refractivity contribution in [1.29, 1.82) is 0 Å². The number of benzene rings is 3. The molecule has 3 rings (SSSR count). The molecule has 0 spiro atoms. The zero-order valence-electron chi connectivity index (χ0n) is 17.8. The van der Waals surface area contributed by atoms with Crippen molar-refractivity contribution in [1.82, 2.24) is 5.32 Å². The fourth-order valence-electron chi connectivity index (χ4n) is 3.04. The lowest BCUT2D eigenvalue weighted by molar-refractivity contribution is 0.0946. The van der Waals surface area contributed by atoms with Gasteiger partial charge in [-0.2, -0.15) is 0 Å². The molecule has 0 aliphatic heterocycles. The SMILES string of the molecule is Cc1ccc(C)c(OCCNC(=O)c2ccc(C)c(S(=O)(=O)Nc3ccccc3)c2)c1. The van der Waals surface area contributed by atoms with E-state index in [4.69, 9.17) is 4.74 Å². The van der Waals surface area contributed by atoms with Gasteiger partial charge in [0.1, 0.15) is 12.4 Å². The van der Waals surface area contributed by atoms with E-state index in [1.807, 2.05) is 32.0 Å². The molecule has 0 aromatic heterocycles. The van der Waals surface area contributed by atoms with Crippen LogP contribution in [-0.2, 0) is 10.0 Å². The molecule has 0 bridgehead atoms. The van der Waals surface area contributed by atoms with Crippen LogP contribution in [0.5, 0.6) is 5.75 Å². The minimum atomic E-state index is -3.82. The van der Waals surface area contributed by atoms with Gasteiger partial charge in [-0.15, -0.1) is 0 Å². The smallest absolute Gasteiger partial charge is 0.262 e. The van der Waals surface area contributed by atoms with Gasteiger partial charge in [0.25, 0.3) is 15.9 Å². The van der Waals surface area contributed by atoms with Crippen molar-refractivity contribution in [2.75, 3.05) is 17.9 Å². The maximum Gasteiger partial charge on any atom is 0.262 e. The van der Waals surface area contributed by atoms with Crippen LogP contribution in [0.25, 0.3) is 0 Å². The quantitative estimate of drug-likeness (QED) is 0.516. The van der Waals surface area contributed by atoms with Crippen LogP contribution in [0.1, 0.15) is 27.0 Å². The fraction of sp³-hybridized carbons (Fsp3) is 0.208. The summed E-state index contributed by atoms with van der Waals surface area (Å²) in [5, 5.41) is 2.77. The van der Waals surface area contributed by atoms with E-state index in [1.54, 1.807) is 49.4 Å². The van der Waals surface area contributed by atoms with Crippen molar-refractivity contribution in [3.63, 3.8) is 0 Å². The van der Waals surface area contributed by atoms with Crippen LogP contribution in [0.4, 0.5) is 5.69 Å². The summed E-state index contributed by atoms with van der Waals surface area (Å²) in [5.41, 5.74) is 3.41. The molecule has 0 saturated carbocycles. The maximum atomic E-state index is 12.8. The highest BCUT2D eigenvalue weighted by Gasteiger charge is 2.19. The van der Waals surface area contributed by atoms with Crippen LogP contribution in [0.2, 0.25) is 0 Å². The number of para-hydroxylation sites is 1. The van der Waals surface area contributed by atoms with Gasteiger partial charge in [0.05, 0.1) is 11.4 Å². The van der Waals surface area contributed by atoms with Crippen LogP contribution in [0, 0.1) is 20.8 Å². The van der Waals surface area contributed by atoms with E-state index in [0.717, 1.165) is 16.9 Å². The first kappa shape index (κ1) is 22.4. The van der Waals surface area contributed by atoms with E-state index in [0.29, 0.717) is 24.4 Å². The zero-order chi connectivity index (χ0) is 22.4. The predicted molar refractivity (Wildman–Crippen MR) is 122 cm³/mol. The second kappa shape index (κ2) is 9.66. The van der Waals surface area contributed by atoms with Gasteiger partial charge < -0.3 is 10.1 Å². The van der Waals surface area contributed by atoms with Crippen molar-refractivity contribution in [3.05, 3.63) is 89.0 Å². The van der Waals surface area contributed by atoms with Crippen LogP contribution >= 0.6 is 0 Å². The standard InChI is InChI=1S/C24H26N2O4S/c1-17-9-10-18(2)22(15-17)30-14-13-25-24(27)20-12-11-19(3)23(16-20)31(28,29)26-21-7-5-4-6-8-21/h4-12,15-16,26H,13-14H2,1-3H3,(H,25,27). The van der Waals surface area contributed by atoms with Crippen LogP contribution < -0.4 is 14.8 Å². The van der Waals surface area contributed by atoms with E-state index in [9.17, 15) is 13.2 Å². The van der Waals surface area contributed by atoms with Crippen molar-refractivity contribution < 1.29 is 17.9 Å². The third-order valence-corrected chi connectivity index (χ3v) is 6.28. The third kappa shape index (κ3) is 5.86. The third-order valence-electron chi connectivity index (χ3n) is 4.75. The van der Waals surface area contributed by atoms with Gasteiger partial charge in [-0.05, 0) is 67.8 Å². The monoisotopic (exact) mass is 438 g/mol. The van der Waals surface area contributed by atoms with Gasteiger partial charge in [0.2, 0.25) is 0 Å². The van der Waals surface area contributed by atoms with Crippen LogP contribution in [0.3, 0.4) is 0 Å². The molecule has 0 atom stereocenters. The Kier molecular flexibility index (Phi) is 6.97. The largest absolute Gasteiger partial charge is 0.491 e. The number of rotatable bonds is 8. The number of aryl methyl sites for hydroxylation is 3. The van der Waals surface area contributed by atoms with Gasteiger partial charge in [-0.1, -0.05) is 36.4 Å². The lowest BCUT2D eigenvalue weighted by atomic mass is 10.1. The van der Waals surface area contributed by atoms with E-state index in [2.05, 4.69) is 10.0 Å². The lowest BCUT2D eigenvalue weighted by Crippen LogP contribution is -2.28. The number of sulfonamides is 1. The Balaban J connectivity index is 1.65.